The van der Waals surface area contributed by atoms with E-state index in [4.69, 9.17) is 4.74 Å². The second kappa shape index (κ2) is 7.45. The van der Waals surface area contributed by atoms with E-state index in [2.05, 4.69) is 5.32 Å². The van der Waals surface area contributed by atoms with E-state index in [1.165, 1.54) is 0 Å². The van der Waals surface area contributed by atoms with Crippen molar-refractivity contribution in [2.24, 2.45) is 0 Å². The Kier molecular flexibility index (Phi) is 5.35. The number of ether oxygens (including phenoxy) is 1. The third-order valence-corrected chi connectivity index (χ3v) is 3.06. The van der Waals surface area contributed by atoms with Gasteiger partial charge in [-0.1, -0.05) is 36.4 Å². The summed E-state index contributed by atoms with van der Waals surface area (Å²) in [5.74, 6) is 0.538. The van der Waals surface area contributed by atoms with Crippen LogP contribution in [-0.4, -0.2) is 30.3 Å². The van der Waals surface area contributed by atoms with Crippen LogP contribution < -0.4 is 10.1 Å². The number of hydrogen-bond donors (Lipinski definition) is 2. The molecular weight excluding hydrogens is 266 g/mol. The molecule has 0 saturated heterocycles. The molecule has 4 nitrogen and oxygen atoms in total. The lowest BCUT2D eigenvalue weighted by Gasteiger charge is -2.14. The van der Waals surface area contributed by atoms with E-state index < -0.39 is 6.10 Å². The van der Waals surface area contributed by atoms with Gasteiger partial charge in [-0.2, -0.15) is 0 Å². The smallest absolute Gasteiger partial charge is 0.251 e. The first-order chi connectivity index (χ1) is 10.2. The first-order valence-corrected chi connectivity index (χ1v) is 6.86. The minimum Gasteiger partial charge on any atom is -0.491 e. The number of hydrogen-bond acceptors (Lipinski definition) is 3. The number of nitrogens with one attached hydrogen (secondary N) is 1. The molecule has 110 valence electrons. The van der Waals surface area contributed by atoms with Gasteiger partial charge < -0.3 is 15.2 Å². The Morgan fingerprint density at radius 1 is 1.14 bits per heavy atom. The van der Waals surface area contributed by atoms with Gasteiger partial charge in [-0.3, -0.25) is 4.79 Å². The third-order valence-electron chi connectivity index (χ3n) is 3.06. The molecule has 2 rings (SSSR count). The number of aliphatic hydroxyl groups excluding tert-OH is 1. The van der Waals surface area contributed by atoms with Crippen molar-refractivity contribution in [1.29, 1.82) is 0 Å². The summed E-state index contributed by atoms with van der Waals surface area (Å²) in [6.07, 6.45) is -0.753. The third kappa shape index (κ3) is 4.61. The second-order valence-corrected chi connectivity index (χ2v) is 4.81. The predicted molar refractivity (Wildman–Crippen MR) is 81.5 cm³/mol. The number of benzene rings is 2. The molecule has 0 bridgehead atoms. The van der Waals surface area contributed by atoms with E-state index in [0.29, 0.717) is 5.56 Å². The van der Waals surface area contributed by atoms with E-state index in [1.807, 2.05) is 37.3 Å². The molecule has 1 atom stereocenters. The summed E-state index contributed by atoms with van der Waals surface area (Å²) in [7, 11) is 0. The molecule has 4 heteroatoms. The van der Waals surface area contributed by atoms with Gasteiger partial charge in [-0.15, -0.1) is 0 Å². The van der Waals surface area contributed by atoms with Gasteiger partial charge in [0.05, 0.1) is 0 Å². The highest BCUT2D eigenvalue weighted by Gasteiger charge is 2.09. The normalized spacial score (nSPS) is 11.7. The molecule has 1 amide bonds. The average Bonchev–Trinajstić information content (AvgIpc) is 2.52. The van der Waals surface area contributed by atoms with Gasteiger partial charge in [0.15, 0.2) is 0 Å². The fourth-order valence-corrected chi connectivity index (χ4v) is 1.87. The highest BCUT2D eigenvalue weighted by molar-refractivity contribution is 5.94. The summed E-state index contributed by atoms with van der Waals surface area (Å²) in [6, 6.07) is 16.5. The number of aliphatic hydroxyl groups is 1. The number of amides is 1. The Bertz CT molecular complexity index is 584. The quantitative estimate of drug-likeness (QED) is 0.855. The molecule has 1 unspecified atom stereocenters. The lowest BCUT2D eigenvalue weighted by molar-refractivity contribution is 0.0842. The summed E-state index contributed by atoms with van der Waals surface area (Å²) in [6.45, 7) is 2.23. The van der Waals surface area contributed by atoms with Gasteiger partial charge in [-0.05, 0) is 30.7 Å². The Morgan fingerprint density at radius 2 is 1.81 bits per heavy atom. The van der Waals surface area contributed by atoms with Crippen LogP contribution in [0.2, 0.25) is 0 Å². The van der Waals surface area contributed by atoms with Crippen LogP contribution >= 0.6 is 0 Å². The molecule has 2 aromatic carbocycles. The molecule has 0 aliphatic rings. The molecule has 0 spiro atoms. The van der Waals surface area contributed by atoms with Crippen molar-refractivity contribution in [2.45, 2.75) is 13.0 Å². The molecule has 2 aromatic rings. The summed E-state index contributed by atoms with van der Waals surface area (Å²) >= 11 is 0. The summed E-state index contributed by atoms with van der Waals surface area (Å²) in [5.41, 5.74) is 1.59. The molecule has 0 aliphatic carbocycles. The van der Waals surface area contributed by atoms with Gasteiger partial charge in [0.1, 0.15) is 18.5 Å². The van der Waals surface area contributed by atoms with E-state index in [9.17, 15) is 9.90 Å². The van der Waals surface area contributed by atoms with E-state index in [-0.39, 0.29) is 19.1 Å². The number of aryl methyl sites for hydroxylation is 1. The fourth-order valence-electron chi connectivity index (χ4n) is 1.87. The monoisotopic (exact) mass is 285 g/mol. The fraction of sp³-hybridized carbons (Fsp3) is 0.235. The van der Waals surface area contributed by atoms with Crippen molar-refractivity contribution >= 4 is 5.91 Å². The predicted octanol–water partition coefficient (Wildman–Crippen LogP) is 2.16. The SMILES string of the molecule is Cc1ccccc1OCC(O)CNC(=O)c1ccccc1. The Hall–Kier alpha value is -2.33. The minimum absolute atomic E-state index is 0.139. The second-order valence-electron chi connectivity index (χ2n) is 4.81. The van der Waals surface area contributed by atoms with Crippen LogP contribution in [0.5, 0.6) is 5.75 Å². The van der Waals surface area contributed by atoms with E-state index in [1.54, 1.807) is 24.3 Å². The Labute approximate surface area is 124 Å². The highest BCUT2D eigenvalue weighted by Crippen LogP contribution is 2.16. The summed E-state index contributed by atoms with van der Waals surface area (Å²) < 4.78 is 5.54. The Morgan fingerprint density at radius 3 is 2.52 bits per heavy atom. The molecular formula is C17H19NO3. The Balaban J connectivity index is 1.76. The average molecular weight is 285 g/mol. The van der Waals surface area contributed by atoms with Crippen LogP contribution in [0.15, 0.2) is 54.6 Å². The summed E-state index contributed by atoms with van der Waals surface area (Å²) in [4.78, 5) is 11.8. The van der Waals surface area contributed by atoms with Crippen LogP contribution in [0.1, 0.15) is 15.9 Å². The van der Waals surface area contributed by atoms with Crippen LogP contribution in [0.3, 0.4) is 0 Å². The highest BCUT2D eigenvalue weighted by atomic mass is 16.5. The van der Waals surface area contributed by atoms with Gasteiger partial charge in [0.2, 0.25) is 0 Å². The van der Waals surface area contributed by atoms with Crippen LogP contribution in [-0.2, 0) is 0 Å². The number of para-hydroxylation sites is 1. The standard InChI is InChI=1S/C17H19NO3/c1-13-7-5-6-10-16(13)21-12-15(19)11-18-17(20)14-8-3-2-4-9-14/h2-10,15,19H,11-12H2,1H3,(H,18,20). The maximum absolute atomic E-state index is 11.8. The lowest BCUT2D eigenvalue weighted by atomic mass is 10.2. The van der Waals surface area contributed by atoms with Gasteiger partial charge in [-0.25, -0.2) is 0 Å². The molecule has 0 fully saturated rings. The molecule has 0 aromatic heterocycles. The molecule has 2 N–H and O–H groups in total. The maximum Gasteiger partial charge on any atom is 0.251 e. The molecule has 0 aliphatic heterocycles. The van der Waals surface area contributed by atoms with Crippen LogP contribution in [0.25, 0.3) is 0 Å². The number of rotatable bonds is 6. The van der Waals surface area contributed by atoms with Crippen molar-refractivity contribution in [2.75, 3.05) is 13.2 Å². The van der Waals surface area contributed by atoms with Crippen LogP contribution in [0.4, 0.5) is 0 Å². The molecule has 21 heavy (non-hydrogen) atoms. The largest absolute Gasteiger partial charge is 0.491 e. The van der Waals surface area contributed by atoms with E-state index in [0.717, 1.165) is 11.3 Å². The van der Waals surface area contributed by atoms with Crippen molar-refractivity contribution in [1.82, 2.24) is 5.32 Å². The minimum atomic E-state index is -0.753. The lowest BCUT2D eigenvalue weighted by Crippen LogP contribution is -2.35. The molecule has 0 heterocycles. The zero-order chi connectivity index (χ0) is 15.1. The van der Waals surface area contributed by atoms with Crippen molar-refractivity contribution in [3.8, 4) is 5.75 Å². The first-order valence-electron chi connectivity index (χ1n) is 6.86. The molecule has 0 radical (unpaired) electrons. The zero-order valence-electron chi connectivity index (χ0n) is 12.0. The maximum atomic E-state index is 11.8. The van der Waals surface area contributed by atoms with Crippen molar-refractivity contribution < 1.29 is 14.6 Å². The number of carbonyl (C=O) groups is 1. The topological polar surface area (TPSA) is 58.6 Å². The van der Waals surface area contributed by atoms with E-state index >= 15 is 0 Å². The summed E-state index contributed by atoms with van der Waals surface area (Å²) in [5, 5.41) is 12.5. The van der Waals surface area contributed by atoms with Gasteiger partial charge in [0, 0.05) is 12.1 Å². The van der Waals surface area contributed by atoms with Crippen LogP contribution in [0, 0.1) is 6.92 Å². The zero-order valence-corrected chi connectivity index (χ0v) is 12.0. The van der Waals surface area contributed by atoms with Crippen molar-refractivity contribution in [3.63, 3.8) is 0 Å². The van der Waals surface area contributed by atoms with Crippen molar-refractivity contribution in [3.05, 3.63) is 65.7 Å². The van der Waals surface area contributed by atoms with Gasteiger partial charge >= 0.3 is 0 Å². The molecule has 0 saturated carbocycles. The first kappa shape index (κ1) is 15.1. The number of carbonyl (C=O) groups excluding carboxylic acids is 1. The van der Waals surface area contributed by atoms with Gasteiger partial charge in [0.25, 0.3) is 5.91 Å².